The Morgan fingerprint density at radius 2 is 2.27 bits per heavy atom. The molecule has 114 valence electrons. The van der Waals surface area contributed by atoms with E-state index in [1.807, 2.05) is 12.1 Å². The zero-order valence-electron chi connectivity index (χ0n) is 12.5. The van der Waals surface area contributed by atoms with Gasteiger partial charge in [-0.05, 0) is 37.8 Å². The quantitative estimate of drug-likeness (QED) is 0.801. The number of hydrogen-bond donors (Lipinski definition) is 2. The highest BCUT2D eigenvalue weighted by Crippen LogP contribution is 2.29. The molecular weight excluding hydrogens is 276 g/mol. The molecular formula is C17H20N4O. The van der Waals surface area contributed by atoms with Gasteiger partial charge in [0.25, 0.3) is 0 Å². The molecule has 0 amide bonds. The molecule has 3 rings (SSSR count). The number of aliphatic hydroxyl groups is 1. The number of anilines is 1. The van der Waals surface area contributed by atoms with E-state index < -0.39 is 0 Å². The van der Waals surface area contributed by atoms with E-state index in [1.165, 1.54) is 5.56 Å². The molecule has 2 N–H and O–H groups in total. The molecule has 0 saturated heterocycles. The lowest BCUT2D eigenvalue weighted by atomic mass is 10.1. The molecule has 0 aromatic carbocycles. The molecule has 0 bridgehead atoms. The normalized spacial score (nSPS) is 14.4. The molecule has 1 aliphatic carbocycles. The first kappa shape index (κ1) is 14.7. The van der Waals surface area contributed by atoms with Crippen LogP contribution >= 0.6 is 0 Å². The van der Waals surface area contributed by atoms with E-state index >= 15 is 0 Å². The van der Waals surface area contributed by atoms with E-state index in [0.29, 0.717) is 12.2 Å². The van der Waals surface area contributed by atoms with E-state index in [1.54, 1.807) is 18.5 Å². The van der Waals surface area contributed by atoms with Crippen molar-refractivity contribution in [3.8, 4) is 11.4 Å². The van der Waals surface area contributed by atoms with Crippen molar-refractivity contribution in [3.05, 3.63) is 48.4 Å². The van der Waals surface area contributed by atoms with Crippen molar-refractivity contribution in [3.63, 3.8) is 0 Å². The maximum Gasteiger partial charge on any atom is 0.163 e. The van der Waals surface area contributed by atoms with Gasteiger partial charge in [-0.25, -0.2) is 9.97 Å². The molecule has 5 nitrogen and oxygen atoms in total. The lowest BCUT2D eigenvalue weighted by Crippen LogP contribution is -2.24. The second-order valence-electron chi connectivity index (χ2n) is 5.46. The van der Waals surface area contributed by atoms with Gasteiger partial charge in [0.2, 0.25) is 0 Å². The average Bonchev–Trinajstić information content (AvgIpc) is 3.04. The Hall–Kier alpha value is -2.27. The van der Waals surface area contributed by atoms with Crippen LogP contribution in [0.25, 0.3) is 11.4 Å². The molecule has 22 heavy (non-hydrogen) atoms. The van der Waals surface area contributed by atoms with Gasteiger partial charge in [-0.3, -0.25) is 4.98 Å². The third-order valence-corrected chi connectivity index (χ3v) is 3.87. The Balaban J connectivity index is 1.98. The smallest absolute Gasteiger partial charge is 0.163 e. The van der Waals surface area contributed by atoms with Crippen LogP contribution in [0, 0.1) is 0 Å². The number of pyridine rings is 1. The monoisotopic (exact) mass is 296 g/mol. The lowest BCUT2D eigenvalue weighted by Gasteiger charge is -2.18. The molecule has 2 aromatic rings. The molecule has 1 aliphatic rings. The highest BCUT2D eigenvalue weighted by atomic mass is 16.3. The number of hydrogen-bond acceptors (Lipinski definition) is 5. The number of fused-ring (bicyclic) bond motifs is 1. The fourth-order valence-electron chi connectivity index (χ4n) is 2.75. The summed E-state index contributed by atoms with van der Waals surface area (Å²) in [6, 6.07) is 3.77. The summed E-state index contributed by atoms with van der Waals surface area (Å²) < 4.78 is 0. The van der Waals surface area contributed by atoms with Crippen molar-refractivity contribution in [2.75, 3.05) is 11.9 Å². The Kier molecular flexibility index (Phi) is 4.44. The van der Waals surface area contributed by atoms with E-state index in [0.717, 1.165) is 36.3 Å². The summed E-state index contributed by atoms with van der Waals surface area (Å²) in [6.45, 7) is 3.78. The molecule has 2 heterocycles. The minimum absolute atomic E-state index is 0.0486. The second-order valence-corrected chi connectivity index (χ2v) is 5.46. The van der Waals surface area contributed by atoms with Gasteiger partial charge in [0, 0.05) is 29.2 Å². The summed E-state index contributed by atoms with van der Waals surface area (Å²) in [4.78, 5) is 13.5. The summed E-state index contributed by atoms with van der Waals surface area (Å²) in [5.74, 6) is 1.52. The highest BCUT2D eigenvalue weighted by molar-refractivity contribution is 5.60. The fourth-order valence-corrected chi connectivity index (χ4v) is 2.75. The zero-order valence-corrected chi connectivity index (χ0v) is 12.5. The van der Waals surface area contributed by atoms with Crippen molar-refractivity contribution < 1.29 is 5.11 Å². The maximum atomic E-state index is 9.49. The van der Waals surface area contributed by atoms with Gasteiger partial charge in [-0.15, -0.1) is 6.58 Å². The van der Waals surface area contributed by atoms with E-state index in [4.69, 9.17) is 0 Å². The Morgan fingerprint density at radius 1 is 1.36 bits per heavy atom. The number of aromatic nitrogens is 3. The van der Waals surface area contributed by atoms with Crippen LogP contribution in [0.2, 0.25) is 0 Å². The van der Waals surface area contributed by atoms with Crippen LogP contribution < -0.4 is 5.32 Å². The van der Waals surface area contributed by atoms with Crippen molar-refractivity contribution in [2.45, 2.75) is 31.7 Å². The van der Waals surface area contributed by atoms with Crippen molar-refractivity contribution in [1.82, 2.24) is 15.0 Å². The Labute approximate surface area is 130 Å². The molecule has 5 heteroatoms. The number of aryl methyl sites for hydroxylation is 1. The Morgan fingerprint density at radius 3 is 3.00 bits per heavy atom. The highest BCUT2D eigenvalue weighted by Gasteiger charge is 2.21. The van der Waals surface area contributed by atoms with Crippen LogP contribution in [0.4, 0.5) is 5.82 Å². The summed E-state index contributed by atoms with van der Waals surface area (Å²) in [5, 5.41) is 12.8. The standard InChI is InChI=1S/C17H20N4O/c1-2-5-13(11-22)19-17-14-7-3-8-15(14)20-16(21-17)12-6-4-9-18-10-12/h2,4,6,9-10,13,22H,1,3,5,7-8,11H2,(H,19,20,21). The van der Waals surface area contributed by atoms with Crippen LogP contribution in [0.3, 0.4) is 0 Å². The van der Waals surface area contributed by atoms with Gasteiger partial charge in [-0.1, -0.05) is 6.08 Å². The van der Waals surface area contributed by atoms with Gasteiger partial charge >= 0.3 is 0 Å². The van der Waals surface area contributed by atoms with E-state index in [9.17, 15) is 5.11 Å². The molecule has 1 atom stereocenters. The van der Waals surface area contributed by atoms with Crippen LogP contribution in [0.1, 0.15) is 24.1 Å². The first-order valence-corrected chi connectivity index (χ1v) is 7.60. The summed E-state index contributed by atoms with van der Waals surface area (Å²) in [5.41, 5.74) is 3.19. The average molecular weight is 296 g/mol. The van der Waals surface area contributed by atoms with Gasteiger partial charge in [0.15, 0.2) is 5.82 Å². The minimum atomic E-state index is -0.0705. The predicted octanol–water partition coefficient (Wildman–Crippen LogP) is 2.38. The summed E-state index contributed by atoms with van der Waals surface area (Å²) in [6.07, 6.45) is 9.06. The number of rotatable bonds is 6. The molecule has 0 saturated carbocycles. The lowest BCUT2D eigenvalue weighted by molar-refractivity contribution is 0.275. The minimum Gasteiger partial charge on any atom is -0.394 e. The molecule has 0 aliphatic heterocycles. The van der Waals surface area contributed by atoms with E-state index in [2.05, 4.69) is 26.8 Å². The van der Waals surface area contributed by atoms with Gasteiger partial charge in [0.1, 0.15) is 5.82 Å². The van der Waals surface area contributed by atoms with Crippen LogP contribution in [0.5, 0.6) is 0 Å². The Bertz CT molecular complexity index is 657. The zero-order chi connectivity index (χ0) is 15.4. The van der Waals surface area contributed by atoms with Crippen molar-refractivity contribution in [2.24, 2.45) is 0 Å². The van der Waals surface area contributed by atoms with Crippen LogP contribution in [-0.4, -0.2) is 32.7 Å². The number of nitrogens with zero attached hydrogens (tertiary/aromatic N) is 3. The van der Waals surface area contributed by atoms with Crippen molar-refractivity contribution >= 4 is 5.82 Å². The molecule has 0 spiro atoms. The molecule has 1 unspecified atom stereocenters. The summed E-state index contributed by atoms with van der Waals surface area (Å²) >= 11 is 0. The number of nitrogens with one attached hydrogen (secondary N) is 1. The third kappa shape index (κ3) is 2.99. The van der Waals surface area contributed by atoms with Crippen molar-refractivity contribution in [1.29, 1.82) is 0 Å². The third-order valence-electron chi connectivity index (χ3n) is 3.87. The topological polar surface area (TPSA) is 70.9 Å². The SMILES string of the molecule is C=CCC(CO)Nc1nc(-c2cccnc2)nc2c1CCC2. The number of aliphatic hydroxyl groups excluding tert-OH is 1. The van der Waals surface area contributed by atoms with Gasteiger partial charge < -0.3 is 10.4 Å². The summed E-state index contributed by atoms with van der Waals surface area (Å²) in [7, 11) is 0. The molecule has 0 fully saturated rings. The van der Waals surface area contributed by atoms with Gasteiger partial charge in [-0.2, -0.15) is 0 Å². The first-order valence-electron chi connectivity index (χ1n) is 7.60. The fraction of sp³-hybridized carbons (Fsp3) is 0.353. The predicted molar refractivity (Wildman–Crippen MR) is 86.6 cm³/mol. The second kappa shape index (κ2) is 6.66. The maximum absolute atomic E-state index is 9.49. The van der Waals surface area contributed by atoms with Crippen LogP contribution in [-0.2, 0) is 12.8 Å². The molecule has 2 aromatic heterocycles. The van der Waals surface area contributed by atoms with Gasteiger partial charge in [0.05, 0.1) is 12.6 Å². The molecule has 0 radical (unpaired) electrons. The van der Waals surface area contributed by atoms with E-state index in [-0.39, 0.29) is 12.6 Å². The van der Waals surface area contributed by atoms with Crippen LogP contribution in [0.15, 0.2) is 37.2 Å². The first-order chi connectivity index (χ1) is 10.8. The largest absolute Gasteiger partial charge is 0.394 e.